The van der Waals surface area contributed by atoms with Crippen molar-refractivity contribution >= 4 is 5.78 Å². The lowest BCUT2D eigenvalue weighted by molar-refractivity contribution is -0.133. The zero-order valence-corrected chi connectivity index (χ0v) is 9.73. The van der Waals surface area contributed by atoms with Gasteiger partial charge < -0.3 is 5.32 Å². The molecule has 1 unspecified atom stereocenters. The smallest absolute Gasteiger partial charge is 0.141 e. The number of hydrogen-bond donors (Lipinski definition) is 1. The lowest BCUT2D eigenvalue weighted by atomic mass is 9.72. The second-order valence-electron chi connectivity index (χ2n) is 4.86. The van der Waals surface area contributed by atoms with E-state index in [1.54, 1.807) is 0 Å². The molecule has 1 aliphatic rings. The molecule has 0 saturated carbocycles. The van der Waals surface area contributed by atoms with Gasteiger partial charge in [0.05, 0.1) is 0 Å². The lowest BCUT2D eigenvalue weighted by Crippen LogP contribution is -2.42. The largest absolute Gasteiger partial charge is 0.317 e. The first-order chi connectivity index (χ1) is 6.60. The molecule has 0 aliphatic carbocycles. The molecule has 1 rings (SSSR count). The molecule has 0 aromatic heterocycles. The first kappa shape index (κ1) is 11.7. The van der Waals surface area contributed by atoms with Crippen molar-refractivity contribution in [3.8, 4) is 0 Å². The average Bonchev–Trinajstić information content (AvgIpc) is 2.18. The van der Waals surface area contributed by atoms with Gasteiger partial charge in [0.1, 0.15) is 5.78 Å². The van der Waals surface area contributed by atoms with E-state index in [9.17, 15) is 4.79 Å². The Morgan fingerprint density at radius 2 is 2.00 bits per heavy atom. The lowest BCUT2D eigenvalue weighted by Gasteiger charge is -2.34. The Balaban J connectivity index is 2.56. The van der Waals surface area contributed by atoms with Crippen LogP contribution in [-0.4, -0.2) is 18.9 Å². The van der Waals surface area contributed by atoms with Crippen LogP contribution in [0.25, 0.3) is 0 Å². The Kier molecular flexibility index (Phi) is 4.11. The monoisotopic (exact) mass is 197 g/mol. The summed E-state index contributed by atoms with van der Waals surface area (Å²) in [6, 6.07) is 0. The van der Waals surface area contributed by atoms with Crippen LogP contribution in [0.2, 0.25) is 0 Å². The van der Waals surface area contributed by atoms with Crippen molar-refractivity contribution in [1.29, 1.82) is 0 Å². The Bertz CT molecular complexity index is 194. The minimum atomic E-state index is -0.0418. The molecule has 0 bridgehead atoms. The highest BCUT2D eigenvalue weighted by Gasteiger charge is 2.36. The Labute approximate surface area is 87.5 Å². The summed E-state index contributed by atoms with van der Waals surface area (Å²) < 4.78 is 0. The van der Waals surface area contributed by atoms with E-state index >= 15 is 0 Å². The first-order valence-corrected chi connectivity index (χ1v) is 5.85. The molecule has 2 heteroatoms. The molecule has 0 amide bonds. The van der Waals surface area contributed by atoms with Gasteiger partial charge in [0.15, 0.2) is 0 Å². The van der Waals surface area contributed by atoms with Crippen LogP contribution in [0.1, 0.15) is 46.5 Å². The Morgan fingerprint density at radius 1 is 1.43 bits per heavy atom. The van der Waals surface area contributed by atoms with Crippen LogP contribution < -0.4 is 5.32 Å². The van der Waals surface area contributed by atoms with E-state index in [1.807, 2.05) is 0 Å². The van der Waals surface area contributed by atoms with Gasteiger partial charge in [0.25, 0.3) is 0 Å². The summed E-state index contributed by atoms with van der Waals surface area (Å²) in [5.74, 6) is 0.740. The van der Waals surface area contributed by atoms with Gasteiger partial charge in [-0.2, -0.15) is 0 Å². The molecular formula is C12H23NO. The summed E-state index contributed by atoms with van der Waals surface area (Å²) in [6.07, 6.45) is 4.18. The van der Waals surface area contributed by atoms with E-state index in [-0.39, 0.29) is 11.3 Å². The summed E-state index contributed by atoms with van der Waals surface area (Å²) in [7, 11) is 0. The van der Waals surface area contributed by atoms with Crippen molar-refractivity contribution in [2.45, 2.75) is 46.5 Å². The molecule has 1 fully saturated rings. The quantitative estimate of drug-likeness (QED) is 0.749. The molecule has 1 saturated heterocycles. The number of rotatable bonds is 4. The zero-order chi connectivity index (χ0) is 10.6. The molecule has 0 spiro atoms. The second-order valence-corrected chi connectivity index (χ2v) is 4.86. The zero-order valence-electron chi connectivity index (χ0n) is 9.73. The van der Waals surface area contributed by atoms with Crippen LogP contribution in [0, 0.1) is 11.3 Å². The highest BCUT2D eigenvalue weighted by molar-refractivity contribution is 5.86. The third kappa shape index (κ3) is 2.57. The molecule has 82 valence electrons. The fourth-order valence-corrected chi connectivity index (χ4v) is 2.38. The van der Waals surface area contributed by atoms with Gasteiger partial charge in [0, 0.05) is 11.3 Å². The van der Waals surface area contributed by atoms with Gasteiger partial charge in [-0.1, -0.05) is 27.2 Å². The van der Waals surface area contributed by atoms with Crippen LogP contribution in [0.5, 0.6) is 0 Å². The van der Waals surface area contributed by atoms with Crippen LogP contribution in [-0.2, 0) is 4.79 Å². The molecule has 0 aromatic rings. The van der Waals surface area contributed by atoms with Gasteiger partial charge in [-0.15, -0.1) is 0 Å². The number of hydrogen-bond acceptors (Lipinski definition) is 2. The molecule has 1 atom stereocenters. The molecule has 0 aromatic carbocycles. The van der Waals surface area contributed by atoms with E-state index < -0.39 is 0 Å². The molecule has 14 heavy (non-hydrogen) atoms. The maximum atomic E-state index is 12.2. The normalized spacial score (nSPS) is 23.1. The van der Waals surface area contributed by atoms with Crippen LogP contribution in [0.4, 0.5) is 0 Å². The van der Waals surface area contributed by atoms with Crippen LogP contribution >= 0.6 is 0 Å². The summed E-state index contributed by atoms with van der Waals surface area (Å²) >= 11 is 0. The van der Waals surface area contributed by atoms with Crippen LogP contribution in [0.15, 0.2) is 0 Å². The first-order valence-electron chi connectivity index (χ1n) is 5.85. The van der Waals surface area contributed by atoms with Crippen molar-refractivity contribution in [2.75, 3.05) is 13.1 Å². The number of ketones is 1. The second kappa shape index (κ2) is 4.92. The van der Waals surface area contributed by atoms with Crippen molar-refractivity contribution in [2.24, 2.45) is 11.3 Å². The minimum absolute atomic E-state index is 0.0418. The van der Waals surface area contributed by atoms with E-state index in [4.69, 9.17) is 0 Å². The molecular weight excluding hydrogens is 174 g/mol. The van der Waals surface area contributed by atoms with Crippen LogP contribution in [0.3, 0.4) is 0 Å². The summed E-state index contributed by atoms with van der Waals surface area (Å²) in [5, 5.41) is 3.31. The predicted octanol–water partition coefficient (Wildman–Crippen LogP) is 2.38. The van der Waals surface area contributed by atoms with E-state index in [1.165, 1.54) is 0 Å². The third-order valence-corrected chi connectivity index (χ3v) is 3.47. The summed E-state index contributed by atoms with van der Waals surface area (Å²) in [4.78, 5) is 12.2. The Hall–Kier alpha value is -0.370. The fraction of sp³-hybridized carbons (Fsp3) is 0.917. The van der Waals surface area contributed by atoms with Gasteiger partial charge in [-0.25, -0.2) is 0 Å². The van der Waals surface area contributed by atoms with Gasteiger partial charge in [-0.05, 0) is 32.4 Å². The average molecular weight is 197 g/mol. The number of carbonyl (C=O) groups excluding carboxylic acids is 1. The summed E-state index contributed by atoms with van der Waals surface area (Å²) in [5.41, 5.74) is -0.0418. The maximum Gasteiger partial charge on any atom is 0.141 e. The predicted molar refractivity (Wildman–Crippen MR) is 59.3 cm³/mol. The van der Waals surface area contributed by atoms with Crippen molar-refractivity contribution in [3.05, 3.63) is 0 Å². The number of piperidine rings is 1. The topological polar surface area (TPSA) is 29.1 Å². The summed E-state index contributed by atoms with van der Waals surface area (Å²) in [6.45, 7) is 8.37. The van der Waals surface area contributed by atoms with E-state index in [0.717, 1.165) is 38.8 Å². The highest BCUT2D eigenvalue weighted by atomic mass is 16.1. The highest BCUT2D eigenvalue weighted by Crippen LogP contribution is 2.32. The molecule has 1 aliphatic heterocycles. The SMILES string of the molecule is CCCC(C)C(=O)C1(C)CCNCC1. The molecule has 1 heterocycles. The fourth-order valence-electron chi connectivity index (χ4n) is 2.38. The molecule has 0 radical (unpaired) electrons. The van der Waals surface area contributed by atoms with Crippen molar-refractivity contribution in [3.63, 3.8) is 0 Å². The van der Waals surface area contributed by atoms with E-state index in [2.05, 4.69) is 26.1 Å². The van der Waals surface area contributed by atoms with Gasteiger partial charge in [0.2, 0.25) is 0 Å². The van der Waals surface area contributed by atoms with Gasteiger partial charge in [-0.3, -0.25) is 4.79 Å². The van der Waals surface area contributed by atoms with Gasteiger partial charge >= 0.3 is 0 Å². The van der Waals surface area contributed by atoms with E-state index in [0.29, 0.717) is 5.78 Å². The molecule has 1 N–H and O–H groups in total. The van der Waals surface area contributed by atoms with Crippen molar-refractivity contribution in [1.82, 2.24) is 5.32 Å². The third-order valence-electron chi connectivity index (χ3n) is 3.47. The maximum absolute atomic E-state index is 12.2. The standard InChI is InChI=1S/C12H23NO/c1-4-5-10(2)11(14)12(3)6-8-13-9-7-12/h10,13H,4-9H2,1-3H3. The Morgan fingerprint density at radius 3 is 2.50 bits per heavy atom. The minimum Gasteiger partial charge on any atom is -0.317 e. The molecule has 2 nitrogen and oxygen atoms in total. The van der Waals surface area contributed by atoms with Crippen molar-refractivity contribution < 1.29 is 4.79 Å². The number of Topliss-reactive ketones (excluding diaryl/α,β-unsaturated/α-hetero) is 1. The number of nitrogens with one attached hydrogen (secondary N) is 1. The number of carbonyl (C=O) groups is 1.